The molecule has 0 radical (unpaired) electrons. The molecule has 0 aromatic carbocycles. The lowest BCUT2D eigenvalue weighted by molar-refractivity contribution is 0.140. The summed E-state index contributed by atoms with van der Waals surface area (Å²) in [5.41, 5.74) is 0. The monoisotopic (exact) mass is 221 g/mol. The number of aliphatic hydroxyl groups excluding tert-OH is 1. The van der Waals surface area contributed by atoms with Crippen LogP contribution in [-0.2, 0) is 4.74 Å². The molecule has 3 nitrogen and oxygen atoms in total. The van der Waals surface area contributed by atoms with Gasteiger partial charge in [0.25, 0.3) is 0 Å². The molecule has 0 aliphatic heterocycles. The Kier molecular flexibility index (Phi) is 31.9. The van der Waals surface area contributed by atoms with E-state index in [9.17, 15) is 0 Å². The SMILES string of the molecule is CC.CCC.CCCC(COC)NCO. The predicted molar refractivity (Wildman–Crippen MR) is 68.1 cm³/mol. The molecule has 0 aliphatic rings. The molecule has 0 rings (SSSR count). The van der Waals surface area contributed by atoms with Crippen LogP contribution in [0.15, 0.2) is 0 Å². The maximum atomic E-state index is 8.52. The zero-order valence-electron chi connectivity index (χ0n) is 11.5. The van der Waals surface area contributed by atoms with Crippen molar-refractivity contribution in [3.8, 4) is 0 Å². The summed E-state index contributed by atoms with van der Waals surface area (Å²) in [6, 6.07) is 0.306. The minimum absolute atomic E-state index is 0.0357. The molecule has 96 valence electrons. The van der Waals surface area contributed by atoms with Crippen LogP contribution >= 0.6 is 0 Å². The molecule has 0 saturated carbocycles. The Morgan fingerprint density at radius 1 is 1.20 bits per heavy atom. The minimum Gasteiger partial charge on any atom is -0.383 e. The zero-order chi connectivity index (χ0) is 12.5. The Hall–Kier alpha value is -0.120. The third-order valence-electron chi connectivity index (χ3n) is 1.38. The molecule has 0 spiro atoms. The van der Waals surface area contributed by atoms with Gasteiger partial charge < -0.3 is 9.84 Å². The van der Waals surface area contributed by atoms with Gasteiger partial charge in [-0.15, -0.1) is 0 Å². The molecule has 0 aliphatic carbocycles. The van der Waals surface area contributed by atoms with Crippen molar-refractivity contribution >= 4 is 0 Å². The summed E-state index contributed by atoms with van der Waals surface area (Å²) in [4.78, 5) is 0. The van der Waals surface area contributed by atoms with E-state index in [-0.39, 0.29) is 6.73 Å². The Bertz CT molecular complexity index is 65.8. The first-order chi connectivity index (χ1) is 7.26. The van der Waals surface area contributed by atoms with Crippen LogP contribution in [0.1, 0.15) is 53.9 Å². The van der Waals surface area contributed by atoms with Crippen LogP contribution in [0.2, 0.25) is 0 Å². The highest BCUT2D eigenvalue weighted by molar-refractivity contribution is 4.61. The topological polar surface area (TPSA) is 41.5 Å². The molecule has 0 bridgehead atoms. The molecule has 0 aromatic rings. The van der Waals surface area contributed by atoms with Gasteiger partial charge in [-0.3, -0.25) is 5.32 Å². The van der Waals surface area contributed by atoms with Gasteiger partial charge >= 0.3 is 0 Å². The number of aliphatic hydroxyl groups is 1. The van der Waals surface area contributed by atoms with Crippen molar-refractivity contribution in [3.63, 3.8) is 0 Å². The van der Waals surface area contributed by atoms with Crippen molar-refractivity contribution < 1.29 is 9.84 Å². The van der Waals surface area contributed by atoms with Crippen LogP contribution in [0, 0.1) is 0 Å². The van der Waals surface area contributed by atoms with E-state index in [1.807, 2.05) is 13.8 Å². The van der Waals surface area contributed by atoms with Gasteiger partial charge in [0, 0.05) is 13.2 Å². The largest absolute Gasteiger partial charge is 0.383 e. The second-order valence-electron chi connectivity index (χ2n) is 3.01. The summed E-state index contributed by atoms with van der Waals surface area (Å²) < 4.78 is 4.94. The molecule has 15 heavy (non-hydrogen) atoms. The van der Waals surface area contributed by atoms with E-state index >= 15 is 0 Å². The molecular formula is C12H31NO2. The summed E-state index contributed by atoms with van der Waals surface area (Å²) in [5.74, 6) is 0. The fourth-order valence-electron chi connectivity index (χ4n) is 0.923. The van der Waals surface area contributed by atoms with Gasteiger partial charge in [-0.25, -0.2) is 0 Å². The number of rotatable bonds is 6. The summed E-state index contributed by atoms with van der Waals surface area (Å²) in [6.45, 7) is 11.1. The van der Waals surface area contributed by atoms with Crippen molar-refractivity contribution in [1.82, 2.24) is 5.32 Å². The molecule has 0 aromatic heterocycles. The van der Waals surface area contributed by atoms with E-state index in [0.717, 1.165) is 12.8 Å². The van der Waals surface area contributed by atoms with E-state index < -0.39 is 0 Å². The quantitative estimate of drug-likeness (QED) is 0.678. The molecule has 0 fully saturated rings. The molecule has 1 unspecified atom stereocenters. The highest BCUT2D eigenvalue weighted by atomic mass is 16.5. The molecule has 0 heterocycles. The lowest BCUT2D eigenvalue weighted by atomic mass is 10.2. The molecule has 3 heteroatoms. The van der Waals surface area contributed by atoms with E-state index in [4.69, 9.17) is 9.84 Å². The van der Waals surface area contributed by atoms with Gasteiger partial charge in [-0.2, -0.15) is 0 Å². The fourth-order valence-corrected chi connectivity index (χ4v) is 0.923. The standard InChI is InChI=1S/C7H17NO2.C3H8.C2H6/c1-3-4-7(5-10-2)8-6-9;1-3-2;1-2/h7-9H,3-6H2,1-2H3;3H2,1-2H3;1-2H3. The first-order valence-electron chi connectivity index (χ1n) is 6.09. The van der Waals surface area contributed by atoms with Crippen LogP contribution in [0.5, 0.6) is 0 Å². The summed E-state index contributed by atoms with van der Waals surface area (Å²) in [5, 5.41) is 11.4. The first kappa shape index (κ1) is 20.3. The maximum Gasteiger partial charge on any atom is 0.0934 e. The van der Waals surface area contributed by atoms with Crippen LogP contribution in [0.4, 0.5) is 0 Å². The van der Waals surface area contributed by atoms with Crippen molar-refractivity contribution in [2.75, 3.05) is 20.4 Å². The van der Waals surface area contributed by atoms with Crippen LogP contribution < -0.4 is 5.32 Å². The minimum atomic E-state index is 0.0357. The van der Waals surface area contributed by atoms with Gasteiger partial charge in [-0.05, 0) is 6.42 Å². The van der Waals surface area contributed by atoms with Crippen molar-refractivity contribution in [3.05, 3.63) is 0 Å². The Morgan fingerprint density at radius 3 is 1.93 bits per heavy atom. The van der Waals surface area contributed by atoms with Gasteiger partial charge in [0.15, 0.2) is 0 Å². The normalized spacial score (nSPS) is 10.6. The third kappa shape index (κ3) is 24.8. The molecular weight excluding hydrogens is 190 g/mol. The Balaban J connectivity index is -0.000000245. The highest BCUT2D eigenvalue weighted by Crippen LogP contribution is 1.95. The number of ether oxygens (including phenoxy) is 1. The molecule has 0 amide bonds. The second-order valence-corrected chi connectivity index (χ2v) is 3.01. The number of methoxy groups -OCH3 is 1. The van der Waals surface area contributed by atoms with Gasteiger partial charge in [0.1, 0.15) is 0 Å². The van der Waals surface area contributed by atoms with E-state index in [0.29, 0.717) is 12.6 Å². The van der Waals surface area contributed by atoms with Crippen LogP contribution in [0.3, 0.4) is 0 Å². The van der Waals surface area contributed by atoms with Gasteiger partial charge in [0.2, 0.25) is 0 Å². The van der Waals surface area contributed by atoms with E-state index in [1.165, 1.54) is 6.42 Å². The average molecular weight is 221 g/mol. The lowest BCUT2D eigenvalue weighted by Gasteiger charge is -2.14. The van der Waals surface area contributed by atoms with Crippen LogP contribution in [-0.4, -0.2) is 31.6 Å². The van der Waals surface area contributed by atoms with Crippen molar-refractivity contribution in [2.24, 2.45) is 0 Å². The first-order valence-corrected chi connectivity index (χ1v) is 6.09. The summed E-state index contributed by atoms with van der Waals surface area (Å²) in [6.07, 6.45) is 3.41. The fraction of sp³-hybridized carbons (Fsp3) is 1.00. The van der Waals surface area contributed by atoms with E-state index in [1.54, 1.807) is 7.11 Å². The average Bonchev–Trinajstić information content (AvgIpc) is 2.23. The third-order valence-corrected chi connectivity index (χ3v) is 1.38. The van der Waals surface area contributed by atoms with Crippen LogP contribution in [0.25, 0.3) is 0 Å². The van der Waals surface area contributed by atoms with Gasteiger partial charge in [0.05, 0.1) is 13.3 Å². The number of hydrogen-bond donors (Lipinski definition) is 2. The lowest BCUT2D eigenvalue weighted by Crippen LogP contribution is -2.33. The maximum absolute atomic E-state index is 8.52. The summed E-state index contributed by atoms with van der Waals surface area (Å²) in [7, 11) is 1.67. The van der Waals surface area contributed by atoms with Crippen molar-refractivity contribution in [2.45, 2.75) is 59.9 Å². The second kappa shape index (κ2) is 23.6. The number of nitrogens with one attached hydrogen (secondary N) is 1. The zero-order valence-corrected chi connectivity index (χ0v) is 11.5. The Labute approximate surface area is 96.2 Å². The molecule has 2 N–H and O–H groups in total. The Morgan fingerprint density at radius 2 is 1.67 bits per heavy atom. The summed E-state index contributed by atoms with van der Waals surface area (Å²) >= 11 is 0. The van der Waals surface area contributed by atoms with Gasteiger partial charge in [-0.1, -0.05) is 47.5 Å². The smallest absolute Gasteiger partial charge is 0.0934 e. The predicted octanol–water partition coefficient (Wildman–Crippen LogP) is 2.78. The molecule has 0 saturated heterocycles. The number of hydrogen-bond acceptors (Lipinski definition) is 3. The van der Waals surface area contributed by atoms with E-state index in [2.05, 4.69) is 26.1 Å². The highest BCUT2D eigenvalue weighted by Gasteiger charge is 2.03. The molecule has 1 atom stereocenters. The van der Waals surface area contributed by atoms with Crippen molar-refractivity contribution in [1.29, 1.82) is 0 Å².